The molecule has 2 nitrogen and oxygen atoms in total. The third-order valence-electron chi connectivity index (χ3n) is 1.83. The highest BCUT2D eigenvalue weighted by molar-refractivity contribution is 6.06. The van der Waals surface area contributed by atoms with Crippen LogP contribution in [0.4, 0.5) is 0 Å². The van der Waals surface area contributed by atoms with Gasteiger partial charge in [0.05, 0.1) is 6.04 Å². The molecule has 0 bridgehead atoms. The van der Waals surface area contributed by atoms with Gasteiger partial charge in [-0.1, -0.05) is 20.3 Å². The molecule has 0 aromatic carbocycles. The zero-order valence-electron chi connectivity index (χ0n) is 6.85. The largest absolute Gasteiger partial charge is 0.357 e. The van der Waals surface area contributed by atoms with Gasteiger partial charge in [-0.15, -0.1) is 0 Å². The van der Waals surface area contributed by atoms with Crippen LogP contribution < -0.4 is 5.23 Å². The number of Topliss-reactive ketones (excluding diaryl/α,β-unsaturated/α-hetero) is 1. The van der Waals surface area contributed by atoms with Gasteiger partial charge in [0.2, 0.25) is 0 Å². The van der Waals surface area contributed by atoms with Gasteiger partial charge in [0.1, 0.15) is 5.78 Å². The lowest BCUT2D eigenvalue weighted by Gasteiger charge is -2.19. The third kappa shape index (κ3) is 2.52. The summed E-state index contributed by atoms with van der Waals surface area (Å²) < 4.78 is 0. The molecule has 0 aliphatic rings. The van der Waals surface area contributed by atoms with E-state index >= 15 is 0 Å². The van der Waals surface area contributed by atoms with Gasteiger partial charge in [0.15, 0.2) is 7.98 Å². The lowest BCUT2D eigenvalue weighted by atomic mass is 9.95. The van der Waals surface area contributed by atoms with Crippen LogP contribution in [0.25, 0.3) is 0 Å². The highest BCUT2D eigenvalue weighted by atomic mass is 16.1. The zero-order valence-corrected chi connectivity index (χ0v) is 6.85. The molecule has 2 radical (unpaired) electrons. The molecule has 0 aromatic heterocycles. The summed E-state index contributed by atoms with van der Waals surface area (Å²) in [6.45, 7) is 5.60. The van der Waals surface area contributed by atoms with Crippen molar-refractivity contribution >= 4 is 13.8 Å². The molecule has 0 amide bonds. The molecule has 3 heteroatoms. The molecule has 0 aliphatic carbocycles. The molecule has 0 saturated heterocycles. The number of nitrogens with one attached hydrogen (secondary N) is 1. The summed E-state index contributed by atoms with van der Waals surface area (Å²) >= 11 is 0. The first-order valence-electron chi connectivity index (χ1n) is 3.60. The Balaban J connectivity index is 3.92. The van der Waals surface area contributed by atoms with Gasteiger partial charge in [-0.2, -0.15) is 0 Å². The quantitative estimate of drug-likeness (QED) is 0.579. The van der Waals surface area contributed by atoms with Crippen molar-refractivity contribution in [1.29, 1.82) is 0 Å². The van der Waals surface area contributed by atoms with Crippen molar-refractivity contribution in [3.05, 3.63) is 0 Å². The topological polar surface area (TPSA) is 29.1 Å². The molecule has 2 unspecified atom stereocenters. The van der Waals surface area contributed by atoms with E-state index in [1.165, 1.54) is 0 Å². The average Bonchev–Trinajstić information content (AvgIpc) is 1.88. The van der Waals surface area contributed by atoms with Crippen molar-refractivity contribution in [2.45, 2.75) is 33.2 Å². The summed E-state index contributed by atoms with van der Waals surface area (Å²) in [5.41, 5.74) is 0. The van der Waals surface area contributed by atoms with Crippen molar-refractivity contribution in [3.63, 3.8) is 0 Å². The highest BCUT2D eigenvalue weighted by Crippen LogP contribution is 2.07. The fourth-order valence-corrected chi connectivity index (χ4v) is 0.918. The van der Waals surface area contributed by atoms with Crippen LogP contribution >= 0.6 is 0 Å². The Hall–Kier alpha value is -0.305. The first-order chi connectivity index (χ1) is 4.63. The van der Waals surface area contributed by atoms with E-state index in [2.05, 4.69) is 5.23 Å². The zero-order chi connectivity index (χ0) is 8.15. The lowest BCUT2D eigenvalue weighted by molar-refractivity contribution is -0.119. The molecule has 0 spiro atoms. The Bertz CT molecular complexity index is 116. The van der Waals surface area contributed by atoms with Crippen LogP contribution in [0, 0.1) is 5.92 Å². The number of carbonyl (C=O) groups is 1. The summed E-state index contributed by atoms with van der Waals surface area (Å²) in [5.74, 6) is 0.430. The Labute approximate surface area is 63.8 Å². The first-order valence-corrected chi connectivity index (χ1v) is 3.60. The predicted molar refractivity (Wildman–Crippen MR) is 42.8 cm³/mol. The minimum absolute atomic E-state index is 0.108. The SMILES string of the molecule is [B]NC(C(C)=O)C(C)CC. The number of hydrogen-bond donors (Lipinski definition) is 1. The number of hydrogen-bond acceptors (Lipinski definition) is 2. The Morgan fingerprint density at radius 2 is 2.20 bits per heavy atom. The highest BCUT2D eigenvalue weighted by Gasteiger charge is 2.16. The molecule has 1 N–H and O–H groups in total. The second kappa shape index (κ2) is 4.50. The van der Waals surface area contributed by atoms with Gasteiger partial charge >= 0.3 is 0 Å². The maximum atomic E-state index is 10.8. The summed E-state index contributed by atoms with van der Waals surface area (Å²) in [4.78, 5) is 10.8. The fourth-order valence-electron chi connectivity index (χ4n) is 0.918. The van der Waals surface area contributed by atoms with Crippen LogP contribution in [-0.2, 0) is 4.79 Å². The van der Waals surface area contributed by atoms with Gasteiger partial charge in [-0.05, 0) is 12.8 Å². The van der Waals surface area contributed by atoms with Gasteiger partial charge in [0.25, 0.3) is 0 Å². The summed E-state index contributed by atoms with van der Waals surface area (Å²) in [5, 5.41) is 2.50. The molecular formula is C7H14BNO. The molecule has 2 atom stereocenters. The van der Waals surface area contributed by atoms with Crippen molar-refractivity contribution in [1.82, 2.24) is 5.23 Å². The van der Waals surface area contributed by atoms with Gasteiger partial charge in [-0.25, -0.2) is 0 Å². The molecule has 0 saturated carbocycles. The summed E-state index contributed by atoms with van der Waals surface area (Å²) in [7, 11) is 5.18. The lowest BCUT2D eigenvalue weighted by Crippen LogP contribution is -2.38. The van der Waals surface area contributed by atoms with Crippen molar-refractivity contribution in [2.24, 2.45) is 5.92 Å². The van der Waals surface area contributed by atoms with E-state index in [-0.39, 0.29) is 11.8 Å². The monoisotopic (exact) mass is 139 g/mol. The Morgan fingerprint density at radius 1 is 1.70 bits per heavy atom. The van der Waals surface area contributed by atoms with Gasteiger partial charge in [0, 0.05) is 0 Å². The summed E-state index contributed by atoms with van der Waals surface area (Å²) in [6.07, 6.45) is 0.967. The Kier molecular flexibility index (Phi) is 4.36. The predicted octanol–water partition coefficient (Wildman–Crippen LogP) is 0.663. The van der Waals surface area contributed by atoms with E-state index < -0.39 is 0 Å². The molecule has 56 valence electrons. The normalized spacial score (nSPS) is 16.3. The Morgan fingerprint density at radius 3 is 2.30 bits per heavy atom. The maximum Gasteiger partial charge on any atom is 0.178 e. The second-order valence-corrected chi connectivity index (χ2v) is 2.64. The average molecular weight is 139 g/mol. The number of carbonyl (C=O) groups excluding carboxylic acids is 1. The molecule has 0 heterocycles. The molecule has 0 aliphatic heterocycles. The smallest absolute Gasteiger partial charge is 0.178 e. The third-order valence-corrected chi connectivity index (χ3v) is 1.83. The van der Waals surface area contributed by atoms with Crippen LogP contribution in [0.3, 0.4) is 0 Å². The van der Waals surface area contributed by atoms with E-state index in [1.807, 2.05) is 13.8 Å². The second-order valence-electron chi connectivity index (χ2n) is 2.64. The number of rotatable bonds is 4. The van der Waals surface area contributed by atoms with Crippen LogP contribution in [0.2, 0.25) is 0 Å². The number of ketones is 1. The molecule has 10 heavy (non-hydrogen) atoms. The van der Waals surface area contributed by atoms with Gasteiger partial charge < -0.3 is 5.23 Å². The van der Waals surface area contributed by atoms with E-state index in [4.69, 9.17) is 7.98 Å². The minimum Gasteiger partial charge on any atom is -0.357 e. The molecule has 0 fully saturated rings. The summed E-state index contributed by atoms with van der Waals surface area (Å²) in [6, 6.07) is -0.176. The molecule has 0 rings (SSSR count). The van der Waals surface area contributed by atoms with Crippen LogP contribution in [0.5, 0.6) is 0 Å². The van der Waals surface area contributed by atoms with E-state index in [0.29, 0.717) is 5.92 Å². The van der Waals surface area contributed by atoms with Crippen LogP contribution in [0.1, 0.15) is 27.2 Å². The standard InChI is InChI=1S/C7H14BNO/c1-4-5(2)7(9-8)6(3)10/h5,7,9H,4H2,1-3H3. The molecular weight excluding hydrogens is 125 g/mol. The van der Waals surface area contributed by atoms with Crippen LogP contribution in [0.15, 0.2) is 0 Å². The van der Waals surface area contributed by atoms with E-state index in [0.717, 1.165) is 6.42 Å². The van der Waals surface area contributed by atoms with E-state index in [9.17, 15) is 4.79 Å². The van der Waals surface area contributed by atoms with Crippen molar-refractivity contribution < 1.29 is 4.79 Å². The minimum atomic E-state index is -0.176. The molecule has 0 aromatic rings. The van der Waals surface area contributed by atoms with E-state index in [1.54, 1.807) is 6.92 Å². The van der Waals surface area contributed by atoms with Crippen LogP contribution in [-0.4, -0.2) is 19.8 Å². The fraction of sp³-hybridized carbons (Fsp3) is 0.857. The van der Waals surface area contributed by atoms with Gasteiger partial charge in [-0.3, -0.25) is 4.79 Å². The van der Waals surface area contributed by atoms with Crippen molar-refractivity contribution in [3.8, 4) is 0 Å². The van der Waals surface area contributed by atoms with Crippen molar-refractivity contribution in [2.75, 3.05) is 0 Å². The maximum absolute atomic E-state index is 10.8. The first kappa shape index (κ1) is 9.69.